The topological polar surface area (TPSA) is 20.2 Å². The average molecular weight is 189 g/mol. The van der Waals surface area contributed by atoms with Gasteiger partial charge in [0.2, 0.25) is 0 Å². The zero-order chi connectivity index (χ0) is 6.91. The smallest absolute Gasteiger partial charge is 0.0909 e. The molecule has 0 amide bonds. The van der Waals surface area contributed by atoms with Gasteiger partial charge < -0.3 is 5.11 Å². The van der Waals surface area contributed by atoms with Crippen LogP contribution in [0.15, 0.2) is 24.3 Å². The van der Waals surface area contributed by atoms with Crippen molar-refractivity contribution in [2.24, 2.45) is 0 Å². The molecule has 9 heavy (non-hydrogen) atoms. The molecule has 2 heteroatoms. The molecule has 0 aromatic carbocycles. The van der Waals surface area contributed by atoms with Crippen LogP contribution in [0.5, 0.6) is 0 Å². The maximum absolute atomic E-state index is 9.25. The Balaban J connectivity index is 2.78. The van der Waals surface area contributed by atoms with Gasteiger partial charge in [-0.05, 0) is 6.92 Å². The number of allylic oxidation sites excluding steroid dienone is 2. The van der Waals surface area contributed by atoms with Gasteiger partial charge >= 0.3 is 0 Å². The fourth-order valence-electron chi connectivity index (χ4n) is 0.700. The molecule has 0 bridgehead atoms. The van der Waals surface area contributed by atoms with E-state index in [9.17, 15) is 5.11 Å². The Bertz CT molecular complexity index is 158. The van der Waals surface area contributed by atoms with Gasteiger partial charge in [-0.15, -0.1) is 0 Å². The van der Waals surface area contributed by atoms with E-state index in [1.807, 2.05) is 25.2 Å². The molecule has 2 unspecified atom stereocenters. The molecule has 1 N–H and O–H groups in total. The summed E-state index contributed by atoms with van der Waals surface area (Å²) in [5.74, 6) is 0. The predicted octanol–water partition coefficient (Wildman–Crippen LogP) is 1.63. The molecular formula is C7H9BrO. The van der Waals surface area contributed by atoms with Crippen LogP contribution in [0.1, 0.15) is 6.92 Å². The molecule has 0 aliphatic heterocycles. The third kappa shape index (κ3) is 1.43. The summed E-state index contributed by atoms with van der Waals surface area (Å²) in [6.45, 7) is 1.93. The second-order valence-electron chi connectivity index (χ2n) is 2.34. The van der Waals surface area contributed by atoms with Gasteiger partial charge in [-0.1, -0.05) is 40.2 Å². The van der Waals surface area contributed by atoms with E-state index in [1.165, 1.54) is 0 Å². The summed E-state index contributed by atoms with van der Waals surface area (Å²) in [5, 5.41) is 9.25. The largest absolute Gasteiger partial charge is 0.387 e. The van der Waals surface area contributed by atoms with Gasteiger partial charge in [0.1, 0.15) is 0 Å². The standard InChI is InChI=1S/C7H9BrO/c1-7(8)5-3-2-4-6(7)9/h2-6,9H,1H3. The Hall–Kier alpha value is -0.0800. The highest BCUT2D eigenvalue weighted by Crippen LogP contribution is 2.26. The van der Waals surface area contributed by atoms with Crippen LogP contribution in [-0.4, -0.2) is 15.5 Å². The third-order valence-electron chi connectivity index (χ3n) is 1.40. The van der Waals surface area contributed by atoms with Gasteiger partial charge in [-0.25, -0.2) is 0 Å². The van der Waals surface area contributed by atoms with Crippen LogP contribution in [0.2, 0.25) is 0 Å². The van der Waals surface area contributed by atoms with Crippen LogP contribution in [0.25, 0.3) is 0 Å². The molecule has 2 atom stereocenters. The molecule has 1 nitrogen and oxygen atoms in total. The van der Waals surface area contributed by atoms with Gasteiger partial charge in [0.05, 0.1) is 10.4 Å². The molecular weight excluding hydrogens is 180 g/mol. The normalized spacial score (nSPS) is 41.4. The number of halogens is 1. The van der Waals surface area contributed by atoms with Crippen molar-refractivity contribution in [3.8, 4) is 0 Å². The molecule has 0 heterocycles. The highest BCUT2D eigenvalue weighted by Gasteiger charge is 2.25. The molecule has 1 rings (SSSR count). The summed E-state index contributed by atoms with van der Waals surface area (Å²) in [6, 6.07) is 0. The average Bonchev–Trinajstić information content (AvgIpc) is 1.77. The fourth-order valence-corrected chi connectivity index (χ4v) is 1.01. The van der Waals surface area contributed by atoms with E-state index in [2.05, 4.69) is 15.9 Å². The first kappa shape index (κ1) is 7.03. The van der Waals surface area contributed by atoms with E-state index in [4.69, 9.17) is 0 Å². The molecule has 0 fully saturated rings. The highest BCUT2D eigenvalue weighted by atomic mass is 79.9. The van der Waals surface area contributed by atoms with Gasteiger partial charge in [0.15, 0.2) is 0 Å². The minimum atomic E-state index is -0.400. The van der Waals surface area contributed by atoms with E-state index < -0.39 is 6.10 Å². The van der Waals surface area contributed by atoms with Crippen LogP contribution < -0.4 is 0 Å². The van der Waals surface area contributed by atoms with Crippen LogP contribution in [-0.2, 0) is 0 Å². The van der Waals surface area contributed by atoms with Crippen LogP contribution in [0.3, 0.4) is 0 Å². The summed E-state index contributed by atoms with van der Waals surface area (Å²) < 4.78 is -0.262. The molecule has 0 aromatic heterocycles. The SMILES string of the molecule is CC1(Br)C=CC=CC1O. The van der Waals surface area contributed by atoms with Crippen LogP contribution in [0.4, 0.5) is 0 Å². The Morgan fingerprint density at radius 2 is 2.22 bits per heavy atom. The van der Waals surface area contributed by atoms with Crippen molar-refractivity contribution in [2.75, 3.05) is 0 Å². The first-order valence-corrected chi connectivity index (χ1v) is 3.65. The van der Waals surface area contributed by atoms with E-state index in [0.29, 0.717) is 0 Å². The Morgan fingerprint density at radius 1 is 1.56 bits per heavy atom. The van der Waals surface area contributed by atoms with E-state index in [1.54, 1.807) is 6.08 Å². The number of aliphatic hydroxyl groups excluding tert-OH is 1. The summed E-state index contributed by atoms with van der Waals surface area (Å²) in [4.78, 5) is 0. The molecule has 1 aliphatic carbocycles. The van der Waals surface area contributed by atoms with Crippen molar-refractivity contribution < 1.29 is 5.11 Å². The van der Waals surface area contributed by atoms with E-state index >= 15 is 0 Å². The maximum atomic E-state index is 9.25. The van der Waals surface area contributed by atoms with Crippen molar-refractivity contribution in [2.45, 2.75) is 17.4 Å². The Labute approximate surface area is 63.2 Å². The summed E-state index contributed by atoms with van der Waals surface area (Å²) in [5.41, 5.74) is 0. The summed E-state index contributed by atoms with van der Waals surface area (Å²) in [7, 11) is 0. The van der Waals surface area contributed by atoms with Gasteiger partial charge in [-0.2, -0.15) is 0 Å². The Morgan fingerprint density at radius 3 is 2.56 bits per heavy atom. The van der Waals surface area contributed by atoms with Gasteiger partial charge in [0.25, 0.3) is 0 Å². The van der Waals surface area contributed by atoms with Crippen LogP contribution in [0, 0.1) is 0 Å². The van der Waals surface area contributed by atoms with Crippen molar-refractivity contribution >= 4 is 15.9 Å². The fraction of sp³-hybridized carbons (Fsp3) is 0.429. The van der Waals surface area contributed by atoms with Crippen molar-refractivity contribution in [1.82, 2.24) is 0 Å². The lowest BCUT2D eigenvalue weighted by Gasteiger charge is -2.24. The second kappa shape index (κ2) is 2.27. The number of hydrogen-bond acceptors (Lipinski definition) is 1. The van der Waals surface area contributed by atoms with E-state index in [-0.39, 0.29) is 4.32 Å². The first-order valence-electron chi connectivity index (χ1n) is 2.86. The predicted molar refractivity (Wildman–Crippen MR) is 41.6 cm³/mol. The lowest BCUT2D eigenvalue weighted by molar-refractivity contribution is 0.201. The molecule has 0 spiro atoms. The van der Waals surface area contributed by atoms with E-state index in [0.717, 1.165) is 0 Å². The number of aliphatic hydroxyl groups is 1. The third-order valence-corrected chi connectivity index (χ3v) is 2.14. The van der Waals surface area contributed by atoms with Gasteiger partial charge in [0, 0.05) is 0 Å². The zero-order valence-electron chi connectivity index (χ0n) is 5.21. The highest BCUT2D eigenvalue weighted by molar-refractivity contribution is 9.10. The number of alkyl halides is 1. The van der Waals surface area contributed by atoms with Crippen LogP contribution >= 0.6 is 15.9 Å². The first-order chi connectivity index (χ1) is 4.13. The van der Waals surface area contributed by atoms with Crippen molar-refractivity contribution in [3.63, 3.8) is 0 Å². The monoisotopic (exact) mass is 188 g/mol. The van der Waals surface area contributed by atoms with Crippen molar-refractivity contribution in [3.05, 3.63) is 24.3 Å². The lowest BCUT2D eigenvalue weighted by Crippen LogP contribution is -2.30. The quantitative estimate of drug-likeness (QED) is 0.574. The van der Waals surface area contributed by atoms with Gasteiger partial charge in [-0.3, -0.25) is 0 Å². The molecule has 0 saturated heterocycles. The summed E-state index contributed by atoms with van der Waals surface area (Å²) in [6.07, 6.45) is 7.05. The summed E-state index contributed by atoms with van der Waals surface area (Å²) >= 11 is 3.37. The second-order valence-corrected chi connectivity index (χ2v) is 4.05. The number of rotatable bonds is 0. The Kier molecular flexibility index (Phi) is 1.78. The molecule has 0 aromatic rings. The lowest BCUT2D eigenvalue weighted by atomic mass is 10.0. The number of hydrogen-bond donors (Lipinski definition) is 1. The maximum Gasteiger partial charge on any atom is 0.0909 e. The molecule has 0 radical (unpaired) electrons. The molecule has 1 aliphatic rings. The van der Waals surface area contributed by atoms with Crippen molar-refractivity contribution in [1.29, 1.82) is 0 Å². The molecule has 50 valence electrons. The molecule has 0 saturated carbocycles. The minimum absolute atomic E-state index is 0.262. The zero-order valence-corrected chi connectivity index (χ0v) is 6.80. The minimum Gasteiger partial charge on any atom is -0.387 e.